The summed E-state index contributed by atoms with van der Waals surface area (Å²) in [5.41, 5.74) is 0.149. The second-order valence-electron chi connectivity index (χ2n) is 4.56. The van der Waals surface area contributed by atoms with E-state index in [-0.39, 0.29) is 10.6 Å². The molecular weight excluding hydrogens is 328 g/mol. The normalized spacial score (nSPS) is 11.8. The van der Waals surface area contributed by atoms with Crippen LogP contribution in [0.1, 0.15) is 29.2 Å². The van der Waals surface area contributed by atoms with Crippen LogP contribution in [0.5, 0.6) is 0 Å². The molecule has 0 saturated carbocycles. The second kappa shape index (κ2) is 7.23. The van der Waals surface area contributed by atoms with Gasteiger partial charge in [-0.3, -0.25) is 4.79 Å². The van der Waals surface area contributed by atoms with E-state index < -0.39 is 29.6 Å². The van der Waals surface area contributed by atoms with Crippen molar-refractivity contribution in [3.05, 3.63) is 40.4 Å². The van der Waals surface area contributed by atoms with Gasteiger partial charge in [0.15, 0.2) is 11.0 Å². The van der Waals surface area contributed by atoms with Crippen LogP contribution in [0.2, 0.25) is 0 Å². The Morgan fingerprint density at radius 1 is 1.39 bits per heavy atom. The number of halogens is 2. The van der Waals surface area contributed by atoms with Crippen LogP contribution in [-0.4, -0.2) is 27.6 Å². The quantitative estimate of drug-likeness (QED) is 0.845. The molecule has 1 aromatic heterocycles. The number of hydrogen-bond donors (Lipinski definition) is 1. The number of rotatable bonds is 5. The molecule has 9 heteroatoms. The number of esters is 1. The van der Waals surface area contributed by atoms with Crippen LogP contribution >= 0.6 is 11.5 Å². The Labute approximate surface area is 134 Å². The first-order chi connectivity index (χ1) is 10.9. The summed E-state index contributed by atoms with van der Waals surface area (Å²) >= 11 is 0.867. The monoisotopic (exact) mass is 341 g/mol. The Balaban J connectivity index is 2.02. The number of ether oxygens (including phenoxy) is 1. The third-order valence-corrected chi connectivity index (χ3v) is 3.66. The molecule has 122 valence electrons. The van der Waals surface area contributed by atoms with Crippen molar-refractivity contribution in [3.63, 3.8) is 0 Å². The highest BCUT2D eigenvalue weighted by atomic mass is 32.1. The Kier molecular flexibility index (Phi) is 5.32. The average Bonchev–Trinajstić information content (AvgIpc) is 2.99. The van der Waals surface area contributed by atoms with Crippen LogP contribution in [0, 0.1) is 11.6 Å². The van der Waals surface area contributed by atoms with Crippen molar-refractivity contribution in [3.8, 4) is 0 Å². The first-order valence-corrected chi connectivity index (χ1v) is 7.47. The minimum atomic E-state index is -1.20. The zero-order valence-corrected chi connectivity index (χ0v) is 13.1. The topological polar surface area (TPSA) is 81.2 Å². The third-order valence-electron chi connectivity index (χ3n) is 2.92. The van der Waals surface area contributed by atoms with Crippen LogP contribution in [0.3, 0.4) is 0 Å². The molecule has 1 heterocycles. The van der Waals surface area contributed by atoms with Crippen molar-refractivity contribution in [2.45, 2.75) is 26.4 Å². The number of hydrogen-bond acceptors (Lipinski definition) is 6. The largest absolute Gasteiger partial charge is 0.448 e. The van der Waals surface area contributed by atoms with Gasteiger partial charge in [-0.15, -0.1) is 5.10 Å². The highest BCUT2D eigenvalue weighted by Gasteiger charge is 2.23. The molecule has 0 aliphatic heterocycles. The molecule has 1 aromatic carbocycles. The minimum absolute atomic E-state index is 0.212. The maximum absolute atomic E-state index is 13.5. The van der Waals surface area contributed by atoms with Crippen molar-refractivity contribution in [1.82, 2.24) is 9.59 Å². The van der Waals surface area contributed by atoms with Crippen molar-refractivity contribution in [1.29, 1.82) is 0 Å². The van der Waals surface area contributed by atoms with Crippen molar-refractivity contribution in [2.24, 2.45) is 0 Å². The summed E-state index contributed by atoms with van der Waals surface area (Å²) in [6.45, 7) is 3.13. The predicted molar refractivity (Wildman–Crippen MR) is 79.2 cm³/mol. The first kappa shape index (κ1) is 16.9. The maximum atomic E-state index is 13.5. The van der Waals surface area contributed by atoms with Gasteiger partial charge in [0.2, 0.25) is 0 Å². The van der Waals surface area contributed by atoms with Crippen LogP contribution in [-0.2, 0) is 16.0 Å². The Morgan fingerprint density at radius 2 is 2.13 bits per heavy atom. The van der Waals surface area contributed by atoms with Gasteiger partial charge in [0.05, 0.1) is 11.4 Å². The zero-order valence-electron chi connectivity index (χ0n) is 12.3. The van der Waals surface area contributed by atoms with Gasteiger partial charge < -0.3 is 10.1 Å². The fraction of sp³-hybridized carbons (Fsp3) is 0.286. The average molecular weight is 341 g/mol. The SMILES string of the molecule is CCc1nnsc1C(=O)O[C@H](C)C(=O)Nc1cc(F)ccc1F. The summed E-state index contributed by atoms with van der Waals surface area (Å²) in [6.07, 6.45) is -0.701. The molecule has 2 rings (SSSR count). The number of benzene rings is 1. The highest BCUT2D eigenvalue weighted by Crippen LogP contribution is 2.17. The lowest BCUT2D eigenvalue weighted by Crippen LogP contribution is -2.30. The number of carbonyl (C=O) groups excluding carboxylic acids is 2. The van der Waals surface area contributed by atoms with Gasteiger partial charge in [0.1, 0.15) is 11.6 Å². The smallest absolute Gasteiger partial charge is 0.352 e. The molecule has 0 radical (unpaired) electrons. The first-order valence-electron chi connectivity index (χ1n) is 6.70. The lowest BCUT2D eigenvalue weighted by Gasteiger charge is -2.13. The summed E-state index contributed by atoms with van der Waals surface area (Å²) in [4.78, 5) is 24.1. The van der Waals surface area contributed by atoms with Crippen molar-refractivity contribution >= 4 is 29.1 Å². The Morgan fingerprint density at radius 3 is 2.83 bits per heavy atom. The summed E-state index contributed by atoms with van der Waals surface area (Å²) in [7, 11) is 0. The molecule has 1 N–H and O–H groups in total. The zero-order chi connectivity index (χ0) is 17.0. The van der Waals surface area contributed by atoms with Crippen LogP contribution in [0.4, 0.5) is 14.5 Å². The van der Waals surface area contributed by atoms with E-state index in [0.717, 1.165) is 29.7 Å². The summed E-state index contributed by atoms with van der Waals surface area (Å²) in [5.74, 6) is -3.01. The van der Waals surface area contributed by atoms with E-state index in [1.807, 2.05) is 0 Å². The highest BCUT2D eigenvalue weighted by molar-refractivity contribution is 7.07. The Bertz CT molecular complexity index is 736. The molecule has 1 amide bonds. The molecule has 0 aliphatic carbocycles. The molecular formula is C14H13F2N3O3S. The lowest BCUT2D eigenvalue weighted by atomic mass is 10.2. The molecule has 0 fully saturated rings. The fourth-order valence-electron chi connectivity index (χ4n) is 1.69. The van der Waals surface area contributed by atoms with Crippen LogP contribution in [0.25, 0.3) is 0 Å². The molecule has 0 bridgehead atoms. The number of nitrogens with one attached hydrogen (secondary N) is 1. The number of carbonyl (C=O) groups is 2. The predicted octanol–water partition coefficient (Wildman–Crippen LogP) is 2.56. The summed E-state index contributed by atoms with van der Waals surface area (Å²) < 4.78 is 35.2. The lowest BCUT2D eigenvalue weighted by molar-refractivity contribution is -0.123. The summed E-state index contributed by atoms with van der Waals surface area (Å²) in [5, 5.41) is 5.94. The molecule has 0 saturated heterocycles. The van der Waals surface area contributed by atoms with Gasteiger partial charge in [0, 0.05) is 6.07 Å². The molecule has 23 heavy (non-hydrogen) atoms. The number of nitrogens with zero attached hydrogens (tertiary/aromatic N) is 2. The molecule has 0 aliphatic rings. The third kappa shape index (κ3) is 4.07. The van der Waals surface area contributed by atoms with Crippen LogP contribution < -0.4 is 5.32 Å². The molecule has 6 nitrogen and oxygen atoms in total. The van der Waals surface area contributed by atoms with Crippen molar-refractivity contribution < 1.29 is 23.1 Å². The number of amides is 1. The van der Waals surface area contributed by atoms with E-state index in [9.17, 15) is 18.4 Å². The van der Waals surface area contributed by atoms with Gasteiger partial charge in [-0.25, -0.2) is 13.6 Å². The van der Waals surface area contributed by atoms with Gasteiger partial charge >= 0.3 is 5.97 Å². The minimum Gasteiger partial charge on any atom is -0.448 e. The van der Waals surface area contributed by atoms with E-state index in [1.165, 1.54) is 6.92 Å². The van der Waals surface area contributed by atoms with Gasteiger partial charge in [0.25, 0.3) is 5.91 Å². The second-order valence-corrected chi connectivity index (χ2v) is 5.32. The van der Waals surface area contributed by atoms with E-state index in [2.05, 4.69) is 14.9 Å². The maximum Gasteiger partial charge on any atom is 0.352 e. The number of aryl methyl sites for hydroxylation is 1. The fourth-order valence-corrected chi connectivity index (χ4v) is 2.32. The molecule has 1 atom stereocenters. The number of anilines is 1. The number of aromatic nitrogens is 2. The van der Waals surface area contributed by atoms with Crippen molar-refractivity contribution in [2.75, 3.05) is 5.32 Å². The van der Waals surface area contributed by atoms with Gasteiger partial charge in [-0.1, -0.05) is 11.4 Å². The standard InChI is InChI=1S/C14H13F2N3O3S/c1-3-10-12(23-19-18-10)14(21)22-7(2)13(20)17-11-6-8(15)4-5-9(11)16/h4-7H,3H2,1-2H3,(H,17,20)/t7-/m1/s1. The van der Waals surface area contributed by atoms with Gasteiger partial charge in [-0.2, -0.15) is 0 Å². The van der Waals surface area contributed by atoms with E-state index >= 15 is 0 Å². The van der Waals surface area contributed by atoms with Crippen LogP contribution in [0.15, 0.2) is 18.2 Å². The van der Waals surface area contributed by atoms with Gasteiger partial charge in [-0.05, 0) is 37.0 Å². The summed E-state index contributed by atoms with van der Waals surface area (Å²) in [6, 6.07) is 2.65. The van der Waals surface area contributed by atoms with E-state index in [0.29, 0.717) is 12.1 Å². The Hall–Kier alpha value is -2.42. The molecule has 0 spiro atoms. The van der Waals surface area contributed by atoms with E-state index in [4.69, 9.17) is 4.74 Å². The van der Waals surface area contributed by atoms with E-state index in [1.54, 1.807) is 6.92 Å². The molecule has 2 aromatic rings. The molecule has 0 unspecified atom stereocenters.